The fourth-order valence-electron chi connectivity index (χ4n) is 2.52. The van der Waals surface area contributed by atoms with Crippen LogP contribution < -0.4 is 5.32 Å². The smallest absolute Gasteiger partial charge is 0.261 e. The Kier molecular flexibility index (Phi) is 2.57. The van der Waals surface area contributed by atoms with E-state index in [1.807, 2.05) is 0 Å². The van der Waals surface area contributed by atoms with Crippen molar-refractivity contribution in [3.05, 3.63) is 41.5 Å². The first-order valence-electron chi connectivity index (χ1n) is 6.16. The second-order valence-electron chi connectivity index (χ2n) is 4.74. The minimum absolute atomic E-state index is 0.198. The normalized spacial score (nSPS) is 13.8. The maximum atomic E-state index is 12.2. The lowest BCUT2D eigenvalue weighted by atomic mass is 9.93. The third-order valence-electron chi connectivity index (χ3n) is 3.42. The summed E-state index contributed by atoms with van der Waals surface area (Å²) in [6, 6.07) is 8.55. The van der Waals surface area contributed by atoms with Crippen molar-refractivity contribution >= 4 is 34.2 Å². The van der Waals surface area contributed by atoms with E-state index in [2.05, 4.69) is 5.32 Å². The monoisotopic (exact) mass is 268 g/mol. The van der Waals surface area contributed by atoms with Gasteiger partial charge in [-0.05, 0) is 18.2 Å². The maximum absolute atomic E-state index is 12.2. The van der Waals surface area contributed by atoms with E-state index in [1.54, 1.807) is 30.3 Å². The zero-order valence-corrected chi connectivity index (χ0v) is 11.1. The van der Waals surface area contributed by atoms with Gasteiger partial charge in [0.1, 0.15) is 0 Å². The number of carbonyl (C=O) groups excluding carboxylic acids is 3. The van der Waals surface area contributed by atoms with Crippen molar-refractivity contribution in [1.82, 2.24) is 4.90 Å². The molecule has 0 unspecified atom stereocenters. The van der Waals surface area contributed by atoms with Crippen LogP contribution in [-0.2, 0) is 4.79 Å². The Morgan fingerprint density at radius 2 is 1.70 bits per heavy atom. The average Bonchev–Trinajstić information content (AvgIpc) is 2.43. The molecule has 20 heavy (non-hydrogen) atoms. The molecule has 100 valence electrons. The van der Waals surface area contributed by atoms with Crippen molar-refractivity contribution < 1.29 is 14.4 Å². The third kappa shape index (κ3) is 1.60. The molecule has 2 aromatic rings. The van der Waals surface area contributed by atoms with E-state index in [0.717, 1.165) is 4.90 Å². The first kappa shape index (κ1) is 12.3. The highest BCUT2D eigenvalue weighted by atomic mass is 16.2. The lowest BCUT2D eigenvalue weighted by molar-refractivity contribution is -0.114. The summed E-state index contributed by atoms with van der Waals surface area (Å²) in [5.41, 5.74) is 1.56. The fraction of sp³-hybridized carbons (Fsp3) is 0.133. The molecular formula is C15H12N2O3. The second-order valence-corrected chi connectivity index (χ2v) is 4.74. The van der Waals surface area contributed by atoms with E-state index >= 15 is 0 Å². The Balaban J connectivity index is 2.38. The van der Waals surface area contributed by atoms with E-state index in [-0.39, 0.29) is 17.7 Å². The summed E-state index contributed by atoms with van der Waals surface area (Å²) in [4.78, 5) is 36.7. The summed E-state index contributed by atoms with van der Waals surface area (Å²) in [5, 5.41) is 4.02. The van der Waals surface area contributed by atoms with Crippen LogP contribution in [0.25, 0.3) is 10.8 Å². The van der Waals surface area contributed by atoms with Gasteiger partial charge < -0.3 is 5.32 Å². The number of benzene rings is 2. The van der Waals surface area contributed by atoms with Crippen LogP contribution in [0.5, 0.6) is 0 Å². The van der Waals surface area contributed by atoms with Crippen molar-refractivity contribution in [1.29, 1.82) is 0 Å². The number of nitrogens with one attached hydrogen (secondary N) is 1. The van der Waals surface area contributed by atoms with Crippen LogP contribution in [-0.4, -0.2) is 29.7 Å². The van der Waals surface area contributed by atoms with E-state index in [0.29, 0.717) is 27.6 Å². The molecule has 1 aliphatic heterocycles. The van der Waals surface area contributed by atoms with Crippen LogP contribution in [0.4, 0.5) is 5.69 Å². The molecule has 0 aliphatic carbocycles. The summed E-state index contributed by atoms with van der Waals surface area (Å²) >= 11 is 0. The van der Waals surface area contributed by atoms with Crippen molar-refractivity contribution in [2.75, 3.05) is 12.4 Å². The number of hydrogen-bond acceptors (Lipinski definition) is 3. The number of hydrogen-bond donors (Lipinski definition) is 1. The molecule has 1 aliphatic rings. The number of amides is 3. The van der Waals surface area contributed by atoms with Gasteiger partial charge in [-0.3, -0.25) is 19.3 Å². The Hall–Kier alpha value is -2.69. The molecule has 5 heteroatoms. The molecule has 0 spiro atoms. The summed E-state index contributed by atoms with van der Waals surface area (Å²) < 4.78 is 0. The SMILES string of the molecule is CC(=O)Nc1ccc2c3c(cccc13)C(=O)N(C)C2=O. The Labute approximate surface area is 115 Å². The third-order valence-corrected chi connectivity index (χ3v) is 3.42. The van der Waals surface area contributed by atoms with Crippen molar-refractivity contribution in [3.8, 4) is 0 Å². The van der Waals surface area contributed by atoms with Gasteiger partial charge in [0.15, 0.2) is 0 Å². The molecular weight excluding hydrogens is 256 g/mol. The van der Waals surface area contributed by atoms with Crippen LogP contribution in [0.1, 0.15) is 27.6 Å². The molecule has 1 N–H and O–H groups in total. The molecule has 0 radical (unpaired) electrons. The first-order valence-corrected chi connectivity index (χ1v) is 6.16. The van der Waals surface area contributed by atoms with Crippen molar-refractivity contribution in [3.63, 3.8) is 0 Å². The zero-order chi connectivity index (χ0) is 14.4. The molecule has 1 heterocycles. The largest absolute Gasteiger partial charge is 0.326 e. The molecule has 0 aromatic heterocycles. The predicted octanol–water partition coefficient (Wildman–Crippen LogP) is 2.02. The van der Waals surface area contributed by atoms with E-state index in [4.69, 9.17) is 0 Å². The Bertz CT molecular complexity index is 758. The van der Waals surface area contributed by atoms with Crippen molar-refractivity contribution in [2.45, 2.75) is 6.92 Å². The van der Waals surface area contributed by atoms with Crippen molar-refractivity contribution in [2.24, 2.45) is 0 Å². The highest BCUT2D eigenvalue weighted by Crippen LogP contribution is 2.33. The summed E-state index contributed by atoms with van der Waals surface area (Å²) in [5.74, 6) is -0.850. The number of anilines is 1. The summed E-state index contributed by atoms with van der Waals surface area (Å²) in [6.07, 6.45) is 0. The van der Waals surface area contributed by atoms with Gasteiger partial charge in [0.2, 0.25) is 5.91 Å². The molecule has 2 aromatic carbocycles. The van der Waals surface area contributed by atoms with E-state index in [1.165, 1.54) is 14.0 Å². The van der Waals surface area contributed by atoms with Gasteiger partial charge in [0.25, 0.3) is 11.8 Å². The van der Waals surface area contributed by atoms with Gasteiger partial charge in [0, 0.05) is 41.6 Å². The zero-order valence-electron chi connectivity index (χ0n) is 11.1. The molecule has 0 bridgehead atoms. The lowest BCUT2D eigenvalue weighted by Crippen LogP contribution is -2.36. The minimum Gasteiger partial charge on any atom is -0.326 e. The topological polar surface area (TPSA) is 66.5 Å². The average molecular weight is 268 g/mol. The highest BCUT2D eigenvalue weighted by molar-refractivity contribution is 6.27. The van der Waals surface area contributed by atoms with Gasteiger partial charge in [-0.1, -0.05) is 12.1 Å². The molecule has 0 saturated heterocycles. The highest BCUT2D eigenvalue weighted by Gasteiger charge is 2.30. The predicted molar refractivity (Wildman–Crippen MR) is 74.7 cm³/mol. The number of imide groups is 1. The molecule has 0 saturated carbocycles. The fourth-order valence-corrected chi connectivity index (χ4v) is 2.52. The first-order chi connectivity index (χ1) is 9.50. The Morgan fingerprint density at radius 1 is 1.05 bits per heavy atom. The van der Waals surface area contributed by atoms with Gasteiger partial charge in [0.05, 0.1) is 0 Å². The summed E-state index contributed by atoms with van der Waals surface area (Å²) in [7, 11) is 1.47. The number of rotatable bonds is 1. The van der Waals surface area contributed by atoms with Crippen LogP contribution in [0, 0.1) is 0 Å². The van der Waals surface area contributed by atoms with Crippen LogP contribution in [0.2, 0.25) is 0 Å². The van der Waals surface area contributed by atoms with Gasteiger partial charge >= 0.3 is 0 Å². The lowest BCUT2D eigenvalue weighted by Gasteiger charge is -2.24. The van der Waals surface area contributed by atoms with E-state index < -0.39 is 0 Å². The molecule has 3 rings (SSSR count). The molecule has 0 atom stereocenters. The molecule has 5 nitrogen and oxygen atoms in total. The molecule has 0 fully saturated rings. The summed E-state index contributed by atoms with van der Waals surface area (Å²) in [6.45, 7) is 1.42. The standard InChI is InChI=1S/C15H12N2O3/c1-8(18)16-12-7-6-11-13-9(12)4-3-5-10(13)14(19)17(2)15(11)20/h3-7H,1-2H3,(H,16,18). The van der Waals surface area contributed by atoms with Crippen LogP contribution in [0.15, 0.2) is 30.3 Å². The molecule has 3 amide bonds. The van der Waals surface area contributed by atoms with Gasteiger partial charge in [-0.2, -0.15) is 0 Å². The number of carbonyl (C=O) groups is 3. The quantitative estimate of drug-likeness (QED) is 0.805. The Morgan fingerprint density at radius 3 is 2.35 bits per heavy atom. The van der Waals surface area contributed by atoms with Gasteiger partial charge in [-0.15, -0.1) is 0 Å². The second kappa shape index (κ2) is 4.16. The van der Waals surface area contributed by atoms with Crippen LogP contribution in [0.3, 0.4) is 0 Å². The maximum Gasteiger partial charge on any atom is 0.261 e. The van der Waals surface area contributed by atoms with Gasteiger partial charge in [-0.25, -0.2) is 0 Å². The van der Waals surface area contributed by atoms with E-state index in [9.17, 15) is 14.4 Å². The number of nitrogens with zero attached hydrogens (tertiary/aromatic N) is 1. The minimum atomic E-state index is -0.326. The van der Waals surface area contributed by atoms with Crippen LogP contribution >= 0.6 is 0 Å².